The molecule has 1 aromatic heterocycles. The van der Waals surface area contributed by atoms with Crippen LogP contribution < -0.4 is 5.32 Å². The molecule has 6 aromatic rings. The Morgan fingerprint density at radius 2 is 1.03 bits per heavy atom. The maximum atomic E-state index is 3.58. The van der Waals surface area contributed by atoms with E-state index in [-0.39, 0.29) is 0 Å². The Bertz CT molecular complexity index is 1510. The largest absolute Gasteiger partial charge is 0.356 e. The maximum absolute atomic E-state index is 3.58. The van der Waals surface area contributed by atoms with Crippen LogP contribution in [-0.2, 0) is 0 Å². The van der Waals surface area contributed by atoms with E-state index < -0.39 is 0 Å². The molecule has 0 aliphatic heterocycles. The molecule has 2 heteroatoms. The van der Waals surface area contributed by atoms with Crippen LogP contribution in [0.5, 0.6) is 0 Å². The monoisotopic (exact) mass is 410 g/mol. The summed E-state index contributed by atoms with van der Waals surface area (Å²) in [5, 5.41) is 6.08. The van der Waals surface area contributed by atoms with Crippen LogP contribution in [0.3, 0.4) is 0 Å². The number of para-hydroxylation sites is 2. The summed E-state index contributed by atoms with van der Waals surface area (Å²) in [6.07, 6.45) is 0. The van der Waals surface area contributed by atoms with Crippen LogP contribution in [0.25, 0.3) is 38.6 Å². The average Bonchev–Trinajstić information content (AvgIpc) is 3.19. The van der Waals surface area contributed by atoms with Crippen LogP contribution in [0.4, 0.5) is 11.4 Å². The Hall–Kier alpha value is -4.30. The quantitative estimate of drug-likeness (QED) is 0.310. The Morgan fingerprint density at radius 1 is 0.438 bits per heavy atom. The lowest BCUT2D eigenvalue weighted by Gasteiger charge is -2.10. The Kier molecular flexibility index (Phi) is 4.47. The smallest absolute Gasteiger partial charge is 0.0542 e. The van der Waals surface area contributed by atoms with Crippen molar-refractivity contribution in [2.24, 2.45) is 0 Å². The van der Waals surface area contributed by atoms with Crippen molar-refractivity contribution in [2.75, 3.05) is 5.32 Å². The van der Waals surface area contributed by atoms with Crippen molar-refractivity contribution in [3.05, 3.63) is 127 Å². The van der Waals surface area contributed by atoms with E-state index in [2.05, 4.69) is 131 Å². The van der Waals surface area contributed by atoms with E-state index in [1.54, 1.807) is 0 Å². The fourth-order valence-corrected chi connectivity index (χ4v) is 4.45. The highest BCUT2D eigenvalue weighted by atomic mass is 15.0. The van der Waals surface area contributed by atoms with E-state index in [1.807, 2.05) is 6.07 Å². The first-order chi connectivity index (χ1) is 15.9. The normalized spacial score (nSPS) is 11.1. The van der Waals surface area contributed by atoms with Gasteiger partial charge in [-0.05, 0) is 59.7 Å². The molecule has 32 heavy (non-hydrogen) atoms. The zero-order chi connectivity index (χ0) is 21.3. The first-order valence-corrected chi connectivity index (χ1v) is 10.9. The molecule has 0 saturated heterocycles. The fourth-order valence-electron chi connectivity index (χ4n) is 4.45. The molecule has 0 aliphatic rings. The molecule has 152 valence electrons. The SMILES string of the molecule is c1ccc(-c2ccc(Nc3ccc4c(c3)c3ccccc3n4-c3ccccc3)cc2)cc1. The third-order valence-electron chi connectivity index (χ3n) is 5.97. The van der Waals surface area contributed by atoms with Gasteiger partial charge in [-0.2, -0.15) is 0 Å². The lowest BCUT2D eigenvalue weighted by molar-refractivity contribution is 1.18. The Balaban J connectivity index is 1.39. The van der Waals surface area contributed by atoms with Crippen molar-refractivity contribution < 1.29 is 0 Å². The summed E-state index contributed by atoms with van der Waals surface area (Å²) in [5.41, 5.74) is 8.22. The van der Waals surface area contributed by atoms with Gasteiger partial charge in [0.15, 0.2) is 0 Å². The summed E-state index contributed by atoms with van der Waals surface area (Å²) in [4.78, 5) is 0. The molecule has 0 saturated carbocycles. The Morgan fingerprint density at radius 3 is 1.81 bits per heavy atom. The van der Waals surface area contributed by atoms with Gasteiger partial charge in [-0.15, -0.1) is 0 Å². The molecule has 5 aromatic carbocycles. The topological polar surface area (TPSA) is 17.0 Å². The van der Waals surface area contributed by atoms with Gasteiger partial charge in [-0.3, -0.25) is 0 Å². The van der Waals surface area contributed by atoms with Gasteiger partial charge in [-0.25, -0.2) is 0 Å². The van der Waals surface area contributed by atoms with Gasteiger partial charge in [0.2, 0.25) is 0 Å². The minimum atomic E-state index is 1.08. The van der Waals surface area contributed by atoms with E-state index in [1.165, 1.54) is 38.6 Å². The minimum absolute atomic E-state index is 1.08. The highest BCUT2D eigenvalue weighted by molar-refractivity contribution is 6.10. The zero-order valence-corrected chi connectivity index (χ0v) is 17.6. The van der Waals surface area contributed by atoms with Gasteiger partial charge in [0, 0.05) is 27.8 Å². The van der Waals surface area contributed by atoms with Gasteiger partial charge < -0.3 is 9.88 Å². The molecule has 0 fully saturated rings. The molecule has 0 amide bonds. The second-order valence-corrected chi connectivity index (χ2v) is 7.99. The van der Waals surface area contributed by atoms with E-state index in [0.29, 0.717) is 0 Å². The summed E-state index contributed by atoms with van der Waals surface area (Å²) < 4.78 is 2.34. The van der Waals surface area contributed by atoms with Crippen LogP contribution in [0, 0.1) is 0 Å². The van der Waals surface area contributed by atoms with Gasteiger partial charge >= 0.3 is 0 Å². The minimum Gasteiger partial charge on any atom is -0.356 e. The van der Waals surface area contributed by atoms with Crippen LogP contribution in [0.2, 0.25) is 0 Å². The fraction of sp³-hybridized carbons (Fsp3) is 0. The number of aromatic nitrogens is 1. The van der Waals surface area contributed by atoms with Gasteiger partial charge in [0.25, 0.3) is 0 Å². The molecule has 0 spiro atoms. The zero-order valence-electron chi connectivity index (χ0n) is 17.6. The number of rotatable bonds is 4. The third kappa shape index (κ3) is 3.23. The molecule has 2 nitrogen and oxygen atoms in total. The maximum Gasteiger partial charge on any atom is 0.0542 e. The molecule has 1 heterocycles. The summed E-state index contributed by atoms with van der Waals surface area (Å²) in [7, 11) is 0. The molecule has 0 radical (unpaired) electrons. The molecule has 1 N–H and O–H groups in total. The predicted octanol–water partition coefficient (Wildman–Crippen LogP) is 8.19. The van der Waals surface area contributed by atoms with Crippen LogP contribution in [-0.4, -0.2) is 4.57 Å². The van der Waals surface area contributed by atoms with Crippen LogP contribution in [0.1, 0.15) is 0 Å². The van der Waals surface area contributed by atoms with E-state index >= 15 is 0 Å². The van der Waals surface area contributed by atoms with Crippen molar-refractivity contribution in [3.8, 4) is 16.8 Å². The summed E-state index contributed by atoms with van der Waals surface area (Å²) in [6.45, 7) is 0. The highest BCUT2D eigenvalue weighted by Gasteiger charge is 2.12. The summed E-state index contributed by atoms with van der Waals surface area (Å²) in [6, 6.07) is 44.9. The second kappa shape index (κ2) is 7.75. The molecule has 0 atom stereocenters. The van der Waals surface area contributed by atoms with Crippen molar-refractivity contribution in [1.82, 2.24) is 4.57 Å². The predicted molar refractivity (Wildman–Crippen MR) is 136 cm³/mol. The van der Waals surface area contributed by atoms with E-state index in [4.69, 9.17) is 0 Å². The molecule has 0 unspecified atom stereocenters. The molecule has 0 aliphatic carbocycles. The number of nitrogens with zero attached hydrogens (tertiary/aromatic N) is 1. The van der Waals surface area contributed by atoms with E-state index in [9.17, 15) is 0 Å². The van der Waals surface area contributed by atoms with Gasteiger partial charge in [0.1, 0.15) is 0 Å². The first kappa shape index (κ1) is 18.5. The molecule has 0 bridgehead atoms. The molecular formula is C30H22N2. The number of benzene rings is 5. The van der Waals surface area contributed by atoms with Gasteiger partial charge in [-0.1, -0.05) is 78.9 Å². The average molecular weight is 411 g/mol. The number of anilines is 2. The summed E-state index contributed by atoms with van der Waals surface area (Å²) >= 11 is 0. The number of fused-ring (bicyclic) bond motifs is 3. The lowest BCUT2D eigenvalue weighted by atomic mass is 10.1. The van der Waals surface area contributed by atoms with Crippen LogP contribution in [0.15, 0.2) is 127 Å². The second-order valence-electron chi connectivity index (χ2n) is 7.99. The van der Waals surface area contributed by atoms with E-state index in [0.717, 1.165) is 11.4 Å². The highest BCUT2D eigenvalue weighted by Crippen LogP contribution is 2.34. The number of hydrogen-bond donors (Lipinski definition) is 1. The van der Waals surface area contributed by atoms with Gasteiger partial charge in [0.05, 0.1) is 11.0 Å². The lowest BCUT2D eigenvalue weighted by Crippen LogP contribution is -1.93. The van der Waals surface area contributed by atoms with Crippen molar-refractivity contribution in [3.63, 3.8) is 0 Å². The first-order valence-electron chi connectivity index (χ1n) is 10.9. The van der Waals surface area contributed by atoms with Crippen molar-refractivity contribution >= 4 is 33.2 Å². The standard InChI is InChI=1S/C30H22N2/c1-3-9-22(10-4-1)23-15-17-24(18-16-23)31-25-19-20-30-28(21-25)27-13-7-8-14-29(27)32(30)26-11-5-2-6-12-26/h1-21,31H. The number of nitrogens with one attached hydrogen (secondary N) is 1. The third-order valence-corrected chi connectivity index (χ3v) is 5.97. The molecular weight excluding hydrogens is 388 g/mol. The van der Waals surface area contributed by atoms with Crippen molar-refractivity contribution in [1.29, 1.82) is 0 Å². The number of hydrogen-bond acceptors (Lipinski definition) is 1. The molecule has 6 rings (SSSR count). The summed E-state index contributed by atoms with van der Waals surface area (Å²) in [5.74, 6) is 0. The Labute approximate surface area is 187 Å². The van der Waals surface area contributed by atoms with Crippen LogP contribution >= 0.6 is 0 Å². The van der Waals surface area contributed by atoms with Crippen molar-refractivity contribution in [2.45, 2.75) is 0 Å².